The normalized spacial score (nSPS) is 13.8. The molecule has 1 aliphatic rings. The van der Waals surface area contributed by atoms with Gasteiger partial charge in [-0.15, -0.1) is 0 Å². The number of fused-ring (bicyclic) bond motifs is 3. The highest BCUT2D eigenvalue weighted by atomic mass is 28.3. The van der Waals surface area contributed by atoms with E-state index in [9.17, 15) is 0 Å². The molecule has 0 N–H and O–H groups in total. The van der Waals surface area contributed by atoms with E-state index in [1.54, 1.807) is 0 Å². The summed E-state index contributed by atoms with van der Waals surface area (Å²) in [6.45, 7) is 11.9. The summed E-state index contributed by atoms with van der Waals surface area (Å²) in [5.74, 6) is 0.612. The van der Waals surface area contributed by atoms with Crippen molar-refractivity contribution in [2.45, 2.75) is 39.9 Å². The number of aromatic nitrogens is 1. The van der Waals surface area contributed by atoms with Gasteiger partial charge in [0.2, 0.25) is 0 Å². The third kappa shape index (κ3) is 4.34. The summed E-state index contributed by atoms with van der Waals surface area (Å²) in [5.41, 5.74) is 6.54. The lowest BCUT2D eigenvalue weighted by atomic mass is 9.99. The highest BCUT2D eigenvalue weighted by molar-refractivity contribution is 7.22. The van der Waals surface area contributed by atoms with Crippen LogP contribution in [0.4, 0.5) is 0 Å². The molecule has 0 unspecified atom stereocenters. The standard InChI is InChI=1S/C36H37NSi2/c1-26(2)22-28-23-33(37-25-36(28)38(3,4)5)27-20-21-32-31-18-12-13-19-34(31)39(35(32)24-27,29-14-8-6-9-15-29)30-16-10-7-11-17-30/h6-21,23-26H,22H2,1-5H3. The average Bonchev–Trinajstić information content (AvgIpc) is 3.23. The highest BCUT2D eigenvalue weighted by Gasteiger charge is 2.48. The van der Waals surface area contributed by atoms with Gasteiger partial charge in [-0.25, -0.2) is 0 Å². The Morgan fingerprint density at radius 3 is 1.87 bits per heavy atom. The molecule has 1 aromatic heterocycles. The quantitative estimate of drug-likeness (QED) is 0.242. The maximum absolute atomic E-state index is 5.10. The van der Waals surface area contributed by atoms with Gasteiger partial charge in [-0.2, -0.15) is 0 Å². The van der Waals surface area contributed by atoms with Gasteiger partial charge in [0.1, 0.15) is 0 Å². The first kappa shape index (κ1) is 25.7. The fourth-order valence-electron chi connectivity index (χ4n) is 6.54. The van der Waals surface area contributed by atoms with Crippen LogP contribution in [0.3, 0.4) is 0 Å². The second-order valence-corrected chi connectivity index (χ2v) is 21.1. The van der Waals surface area contributed by atoms with Gasteiger partial charge in [-0.05, 0) is 61.0 Å². The zero-order chi connectivity index (χ0) is 27.2. The molecule has 0 saturated heterocycles. The molecule has 0 aliphatic carbocycles. The highest BCUT2D eigenvalue weighted by Crippen LogP contribution is 2.31. The fourth-order valence-corrected chi connectivity index (χ4v) is 13.3. The van der Waals surface area contributed by atoms with Gasteiger partial charge in [0.25, 0.3) is 0 Å². The van der Waals surface area contributed by atoms with Crippen LogP contribution >= 0.6 is 0 Å². The van der Waals surface area contributed by atoms with Crippen LogP contribution in [0.1, 0.15) is 19.4 Å². The molecule has 1 nitrogen and oxygen atoms in total. The molecule has 194 valence electrons. The van der Waals surface area contributed by atoms with E-state index in [0.717, 1.165) is 12.1 Å². The van der Waals surface area contributed by atoms with Crippen molar-refractivity contribution >= 4 is 42.1 Å². The first-order valence-corrected chi connectivity index (χ1v) is 19.7. The van der Waals surface area contributed by atoms with Crippen molar-refractivity contribution in [3.8, 4) is 22.4 Å². The van der Waals surface area contributed by atoms with Crippen LogP contribution in [0.25, 0.3) is 22.4 Å². The van der Waals surface area contributed by atoms with E-state index in [0.29, 0.717) is 5.92 Å². The molecule has 0 amide bonds. The lowest BCUT2D eigenvalue weighted by Gasteiger charge is -2.31. The summed E-state index contributed by atoms with van der Waals surface area (Å²) in [6.07, 6.45) is 3.29. The Hall–Kier alpha value is -3.54. The minimum Gasteiger partial charge on any atom is -0.256 e. The summed E-state index contributed by atoms with van der Waals surface area (Å²) in [5, 5.41) is 7.31. The maximum atomic E-state index is 5.10. The van der Waals surface area contributed by atoms with Gasteiger partial charge in [0.15, 0.2) is 8.07 Å². The van der Waals surface area contributed by atoms with Crippen LogP contribution in [0.2, 0.25) is 19.6 Å². The predicted molar refractivity (Wildman–Crippen MR) is 174 cm³/mol. The monoisotopic (exact) mass is 539 g/mol. The second kappa shape index (κ2) is 9.89. The number of hydrogen-bond acceptors (Lipinski definition) is 1. The molecule has 0 radical (unpaired) electrons. The third-order valence-corrected chi connectivity index (χ3v) is 15.1. The fraction of sp³-hybridized carbons (Fsp3) is 0.194. The van der Waals surface area contributed by atoms with Gasteiger partial charge >= 0.3 is 0 Å². The summed E-state index contributed by atoms with van der Waals surface area (Å²) in [4.78, 5) is 5.10. The number of rotatable bonds is 6. The molecule has 4 aromatic carbocycles. The molecular weight excluding hydrogens is 503 g/mol. The van der Waals surface area contributed by atoms with Crippen LogP contribution < -0.4 is 25.9 Å². The third-order valence-electron chi connectivity index (χ3n) is 8.18. The lowest BCUT2D eigenvalue weighted by Crippen LogP contribution is -2.72. The molecule has 0 bridgehead atoms. The molecule has 5 aromatic rings. The summed E-state index contributed by atoms with van der Waals surface area (Å²) in [7, 11) is -3.99. The first-order valence-electron chi connectivity index (χ1n) is 14.2. The summed E-state index contributed by atoms with van der Waals surface area (Å²) in [6, 6.07) is 41.1. The van der Waals surface area contributed by atoms with Crippen molar-refractivity contribution in [3.05, 3.63) is 121 Å². The van der Waals surface area contributed by atoms with Crippen molar-refractivity contribution in [1.82, 2.24) is 4.98 Å². The second-order valence-electron chi connectivity index (χ2n) is 12.4. The zero-order valence-corrected chi connectivity index (χ0v) is 25.7. The first-order chi connectivity index (χ1) is 18.8. The van der Waals surface area contributed by atoms with Gasteiger partial charge in [-0.3, -0.25) is 4.98 Å². The SMILES string of the molecule is CC(C)Cc1cc(-c2ccc3c(c2)[Si](c2ccccc2)(c2ccccc2)c2ccccc2-3)ncc1[Si](C)(C)C. The molecule has 0 fully saturated rings. The Kier molecular flexibility index (Phi) is 6.52. The van der Waals surface area contributed by atoms with Crippen LogP contribution in [0.5, 0.6) is 0 Å². The van der Waals surface area contributed by atoms with Gasteiger partial charge in [0.05, 0.1) is 13.8 Å². The number of pyridine rings is 1. The Morgan fingerprint density at radius 2 is 1.26 bits per heavy atom. The summed E-state index contributed by atoms with van der Waals surface area (Å²) < 4.78 is 0. The molecule has 0 saturated carbocycles. The topological polar surface area (TPSA) is 12.9 Å². The van der Waals surface area contributed by atoms with E-state index >= 15 is 0 Å². The van der Waals surface area contributed by atoms with Crippen LogP contribution in [-0.4, -0.2) is 21.1 Å². The van der Waals surface area contributed by atoms with Gasteiger partial charge < -0.3 is 0 Å². The minimum absolute atomic E-state index is 0.612. The smallest absolute Gasteiger partial charge is 0.180 e. The van der Waals surface area contributed by atoms with E-state index in [1.165, 1.54) is 48.2 Å². The molecule has 3 heteroatoms. The lowest BCUT2D eigenvalue weighted by molar-refractivity contribution is 0.649. The maximum Gasteiger partial charge on any atom is 0.180 e. The summed E-state index contributed by atoms with van der Waals surface area (Å²) >= 11 is 0. The molecular formula is C36H37NSi2. The van der Waals surface area contributed by atoms with Crippen LogP contribution in [0, 0.1) is 5.92 Å². The van der Waals surface area contributed by atoms with E-state index in [4.69, 9.17) is 4.98 Å². The largest absolute Gasteiger partial charge is 0.256 e. The van der Waals surface area contributed by atoms with E-state index < -0.39 is 16.1 Å². The molecule has 2 heterocycles. The van der Waals surface area contributed by atoms with Crippen molar-refractivity contribution in [1.29, 1.82) is 0 Å². The van der Waals surface area contributed by atoms with E-state index in [1.807, 2.05) is 0 Å². The number of nitrogens with zero attached hydrogens (tertiary/aromatic N) is 1. The Labute approximate surface area is 235 Å². The molecule has 39 heavy (non-hydrogen) atoms. The van der Waals surface area contributed by atoms with E-state index in [-0.39, 0.29) is 0 Å². The van der Waals surface area contributed by atoms with Crippen molar-refractivity contribution in [2.24, 2.45) is 5.92 Å². The Morgan fingerprint density at radius 1 is 0.667 bits per heavy atom. The average molecular weight is 540 g/mol. The van der Waals surface area contributed by atoms with Crippen LogP contribution in [0.15, 0.2) is 115 Å². The molecule has 0 atom stereocenters. The number of benzene rings is 4. The van der Waals surface area contributed by atoms with Crippen molar-refractivity contribution in [2.75, 3.05) is 0 Å². The molecule has 0 spiro atoms. The minimum atomic E-state index is -2.49. The van der Waals surface area contributed by atoms with Crippen LogP contribution in [-0.2, 0) is 6.42 Å². The van der Waals surface area contributed by atoms with Gasteiger partial charge in [0, 0.05) is 11.8 Å². The molecule has 6 rings (SSSR count). The van der Waals surface area contributed by atoms with Crippen molar-refractivity contribution in [3.63, 3.8) is 0 Å². The van der Waals surface area contributed by atoms with Crippen molar-refractivity contribution < 1.29 is 0 Å². The van der Waals surface area contributed by atoms with E-state index in [2.05, 4.69) is 149 Å². The predicted octanol–water partition coefficient (Wildman–Crippen LogP) is 5.85. The van der Waals surface area contributed by atoms with Gasteiger partial charge in [-0.1, -0.05) is 137 Å². The Balaban J connectivity index is 1.62. The zero-order valence-electron chi connectivity index (χ0n) is 23.7. The molecule has 1 aliphatic heterocycles. The Bertz CT molecular complexity index is 1590. The number of hydrogen-bond donors (Lipinski definition) is 0.